The van der Waals surface area contributed by atoms with Crippen LogP contribution in [0.15, 0.2) is 109 Å². The van der Waals surface area contributed by atoms with Crippen LogP contribution in [0.25, 0.3) is 10.8 Å². The van der Waals surface area contributed by atoms with Gasteiger partial charge in [-0.3, -0.25) is 4.79 Å². The van der Waals surface area contributed by atoms with Gasteiger partial charge >= 0.3 is 0 Å². The van der Waals surface area contributed by atoms with Gasteiger partial charge in [-0.25, -0.2) is 0 Å². The number of carbonyl (C=O) groups is 1. The van der Waals surface area contributed by atoms with Gasteiger partial charge < -0.3 is 15.8 Å². The first-order valence-corrected chi connectivity index (χ1v) is 10.3. The molecule has 4 nitrogen and oxygen atoms in total. The second kappa shape index (κ2) is 8.00. The Labute approximate surface area is 181 Å². The maximum Gasteiger partial charge on any atom is 0.253 e. The average molecular weight is 406 g/mol. The van der Waals surface area contributed by atoms with E-state index >= 15 is 0 Å². The average Bonchev–Trinajstić information content (AvgIpc) is 2.82. The lowest BCUT2D eigenvalue weighted by atomic mass is 9.80. The van der Waals surface area contributed by atoms with E-state index in [0.717, 1.165) is 27.5 Å². The SMILES string of the molecule is NC1=C(C(=O)NCc2ccccc2)C(c2ccccc2)c2c(ccc3ccccc23)O1. The van der Waals surface area contributed by atoms with Gasteiger partial charge in [-0.15, -0.1) is 0 Å². The Hall–Kier alpha value is -4.05. The molecule has 31 heavy (non-hydrogen) atoms. The van der Waals surface area contributed by atoms with Crippen molar-refractivity contribution in [1.82, 2.24) is 5.32 Å². The molecule has 4 aromatic carbocycles. The van der Waals surface area contributed by atoms with Crippen molar-refractivity contribution in [3.63, 3.8) is 0 Å². The standard InChI is InChI=1S/C27H22N2O2/c28-26-25(27(30)29-17-18-9-3-1-4-10-18)23(20-12-5-2-6-13-20)24-21-14-8-7-11-19(21)15-16-22(24)31-26/h1-16,23H,17,28H2,(H,29,30). The van der Waals surface area contributed by atoms with E-state index < -0.39 is 0 Å². The molecule has 0 aromatic heterocycles. The van der Waals surface area contributed by atoms with Crippen molar-refractivity contribution in [3.05, 3.63) is 125 Å². The number of rotatable bonds is 4. The van der Waals surface area contributed by atoms with Crippen LogP contribution in [0, 0.1) is 0 Å². The molecule has 1 heterocycles. The number of carbonyl (C=O) groups excluding carboxylic acids is 1. The van der Waals surface area contributed by atoms with Crippen LogP contribution in [0.1, 0.15) is 22.6 Å². The second-order valence-electron chi connectivity index (χ2n) is 7.59. The number of amides is 1. The molecule has 0 bridgehead atoms. The highest BCUT2D eigenvalue weighted by atomic mass is 16.5. The summed E-state index contributed by atoms with van der Waals surface area (Å²) < 4.78 is 5.97. The lowest BCUT2D eigenvalue weighted by Gasteiger charge is -2.30. The zero-order chi connectivity index (χ0) is 21.2. The minimum absolute atomic E-state index is 0.141. The van der Waals surface area contributed by atoms with Gasteiger partial charge in [0.05, 0.1) is 5.57 Å². The van der Waals surface area contributed by atoms with E-state index in [2.05, 4.69) is 17.4 Å². The van der Waals surface area contributed by atoms with Gasteiger partial charge in [0.15, 0.2) is 0 Å². The molecule has 0 saturated carbocycles. The largest absolute Gasteiger partial charge is 0.441 e. The smallest absolute Gasteiger partial charge is 0.253 e. The van der Waals surface area contributed by atoms with Crippen LogP contribution in [-0.2, 0) is 11.3 Å². The van der Waals surface area contributed by atoms with E-state index in [4.69, 9.17) is 10.5 Å². The van der Waals surface area contributed by atoms with Crippen molar-refractivity contribution in [3.8, 4) is 5.75 Å². The molecular weight excluding hydrogens is 384 g/mol. The molecule has 0 radical (unpaired) electrons. The van der Waals surface area contributed by atoms with Gasteiger partial charge in [0.2, 0.25) is 5.88 Å². The Morgan fingerprint density at radius 3 is 2.29 bits per heavy atom. The van der Waals surface area contributed by atoms with Crippen LogP contribution in [0.5, 0.6) is 5.75 Å². The first kappa shape index (κ1) is 18.9. The van der Waals surface area contributed by atoms with Gasteiger partial charge in [-0.1, -0.05) is 91.0 Å². The van der Waals surface area contributed by atoms with Crippen LogP contribution in [0.2, 0.25) is 0 Å². The van der Waals surface area contributed by atoms with Crippen LogP contribution in [0.4, 0.5) is 0 Å². The van der Waals surface area contributed by atoms with E-state index in [0.29, 0.717) is 17.9 Å². The Morgan fingerprint density at radius 2 is 1.52 bits per heavy atom. The first-order chi connectivity index (χ1) is 15.2. The number of benzene rings is 4. The molecule has 1 atom stereocenters. The zero-order valence-electron chi connectivity index (χ0n) is 16.9. The molecular formula is C27H22N2O2. The normalized spacial score (nSPS) is 15.3. The third-order valence-corrected chi connectivity index (χ3v) is 5.67. The highest BCUT2D eigenvalue weighted by Gasteiger charge is 2.35. The van der Waals surface area contributed by atoms with Gasteiger partial charge in [0, 0.05) is 18.0 Å². The summed E-state index contributed by atoms with van der Waals surface area (Å²) in [6.45, 7) is 0.417. The molecule has 0 fully saturated rings. The molecule has 1 aliphatic rings. The molecule has 0 saturated heterocycles. The van der Waals surface area contributed by atoms with Crippen molar-refractivity contribution in [1.29, 1.82) is 0 Å². The number of nitrogens with two attached hydrogens (primary N) is 1. The topological polar surface area (TPSA) is 64.4 Å². The van der Waals surface area contributed by atoms with Crippen LogP contribution >= 0.6 is 0 Å². The lowest BCUT2D eigenvalue weighted by Crippen LogP contribution is -2.33. The Kier molecular flexibility index (Phi) is 4.89. The van der Waals surface area contributed by atoms with Crippen molar-refractivity contribution in [2.75, 3.05) is 0 Å². The third kappa shape index (κ3) is 3.53. The van der Waals surface area contributed by atoms with Gasteiger partial charge in [0.1, 0.15) is 5.75 Å². The zero-order valence-corrected chi connectivity index (χ0v) is 16.9. The maximum absolute atomic E-state index is 13.4. The molecule has 0 spiro atoms. The van der Waals surface area contributed by atoms with E-state index in [1.807, 2.05) is 84.9 Å². The predicted molar refractivity (Wildman–Crippen MR) is 122 cm³/mol. The second-order valence-corrected chi connectivity index (χ2v) is 7.59. The summed E-state index contributed by atoms with van der Waals surface area (Å²) in [4.78, 5) is 13.4. The molecule has 4 heteroatoms. The van der Waals surface area contributed by atoms with Crippen molar-refractivity contribution in [2.45, 2.75) is 12.5 Å². The number of hydrogen-bond acceptors (Lipinski definition) is 3. The van der Waals surface area contributed by atoms with Gasteiger partial charge in [-0.2, -0.15) is 0 Å². The number of fused-ring (bicyclic) bond motifs is 3. The summed E-state index contributed by atoms with van der Waals surface area (Å²) >= 11 is 0. The molecule has 152 valence electrons. The minimum Gasteiger partial charge on any atom is -0.441 e. The molecule has 5 rings (SSSR count). The fraction of sp³-hybridized carbons (Fsp3) is 0.0741. The number of nitrogens with one attached hydrogen (secondary N) is 1. The summed E-state index contributed by atoms with van der Waals surface area (Å²) in [5, 5.41) is 5.16. The maximum atomic E-state index is 13.4. The fourth-order valence-corrected chi connectivity index (χ4v) is 4.22. The molecule has 1 amide bonds. The Morgan fingerprint density at radius 1 is 0.839 bits per heavy atom. The van der Waals surface area contributed by atoms with E-state index in [1.54, 1.807) is 0 Å². The minimum atomic E-state index is -0.327. The Bertz CT molecular complexity index is 1280. The fourth-order valence-electron chi connectivity index (χ4n) is 4.22. The molecule has 1 aliphatic heterocycles. The summed E-state index contributed by atoms with van der Waals surface area (Å²) in [7, 11) is 0. The van der Waals surface area contributed by atoms with E-state index in [-0.39, 0.29) is 17.7 Å². The third-order valence-electron chi connectivity index (χ3n) is 5.67. The summed E-state index contributed by atoms with van der Waals surface area (Å²) in [6, 6.07) is 31.9. The summed E-state index contributed by atoms with van der Waals surface area (Å²) in [5.74, 6) is 0.271. The van der Waals surface area contributed by atoms with Crippen LogP contribution in [-0.4, -0.2) is 5.91 Å². The highest BCUT2D eigenvalue weighted by molar-refractivity contribution is 5.99. The van der Waals surface area contributed by atoms with Crippen molar-refractivity contribution >= 4 is 16.7 Å². The number of hydrogen-bond donors (Lipinski definition) is 2. The van der Waals surface area contributed by atoms with Crippen LogP contribution < -0.4 is 15.8 Å². The van der Waals surface area contributed by atoms with Gasteiger partial charge in [-0.05, 0) is 28.0 Å². The molecule has 0 aliphatic carbocycles. The van der Waals surface area contributed by atoms with E-state index in [1.165, 1.54) is 0 Å². The molecule has 4 aromatic rings. The highest BCUT2D eigenvalue weighted by Crippen LogP contribution is 2.45. The molecule has 3 N–H and O–H groups in total. The van der Waals surface area contributed by atoms with Crippen LogP contribution in [0.3, 0.4) is 0 Å². The van der Waals surface area contributed by atoms with Crippen molar-refractivity contribution < 1.29 is 9.53 Å². The van der Waals surface area contributed by atoms with Crippen molar-refractivity contribution in [2.24, 2.45) is 5.73 Å². The summed E-state index contributed by atoms with van der Waals surface area (Å²) in [5.41, 5.74) is 9.75. The predicted octanol–water partition coefficient (Wildman–Crippen LogP) is 4.85. The molecule has 1 unspecified atom stereocenters. The monoisotopic (exact) mass is 406 g/mol. The number of ether oxygens (including phenoxy) is 1. The first-order valence-electron chi connectivity index (χ1n) is 10.3. The van der Waals surface area contributed by atoms with Gasteiger partial charge in [0.25, 0.3) is 5.91 Å². The lowest BCUT2D eigenvalue weighted by molar-refractivity contribution is -0.118. The van der Waals surface area contributed by atoms with E-state index in [9.17, 15) is 4.79 Å². The Balaban J connectivity index is 1.62. The quantitative estimate of drug-likeness (QED) is 0.509. The summed E-state index contributed by atoms with van der Waals surface area (Å²) in [6.07, 6.45) is 0.